The van der Waals surface area contributed by atoms with E-state index in [9.17, 15) is 0 Å². The van der Waals surface area contributed by atoms with E-state index < -0.39 is 0 Å². The summed E-state index contributed by atoms with van der Waals surface area (Å²) in [5.41, 5.74) is 3.89. The van der Waals surface area contributed by atoms with Gasteiger partial charge in [-0.1, -0.05) is 30.3 Å². The highest BCUT2D eigenvalue weighted by atomic mass is 15.1. The number of fused-ring (bicyclic) bond motifs is 1. The lowest BCUT2D eigenvalue weighted by molar-refractivity contribution is 0.512. The van der Waals surface area contributed by atoms with Crippen LogP contribution in [0.25, 0.3) is 11.3 Å². The van der Waals surface area contributed by atoms with E-state index in [-0.39, 0.29) is 0 Å². The molecule has 0 unspecified atom stereocenters. The normalized spacial score (nSPS) is 14.4. The third-order valence-corrected chi connectivity index (χ3v) is 3.84. The molecule has 0 amide bonds. The second kappa shape index (κ2) is 5.57. The molecule has 3 rings (SSSR count). The van der Waals surface area contributed by atoms with Crippen molar-refractivity contribution in [3.63, 3.8) is 0 Å². The number of aromatic nitrogens is 2. The van der Waals surface area contributed by atoms with Gasteiger partial charge in [-0.15, -0.1) is 0 Å². The van der Waals surface area contributed by atoms with Crippen molar-refractivity contribution in [2.75, 3.05) is 13.6 Å². The third-order valence-electron chi connectivity index (χ3n) is 3.84. The van der Waals surface area contributed by atoms with E-state index in [1.54, 1.807) is 0 Å². The Labute approximate surface area is 114 Å². The molecule has 1 aliphatic rings. The Kier molecular flexibility index (Phi) is 3.65. The third kappa shape index (κ3) is 2.43. The molecule has 2 aromatic rings. The van der Waals surface area contributed by atoms with Crippen LogP contribution in [0.1, 0.15) is 24.4 Å². The Morgan fingerprint density at radius 1 is 1.21 bits per heavy atom. The summed E-state index contributed by atoms with van der Waals surface area (Å²) in [7, 11) is 2.00. The van der Waals surface area contributed by atoms with Crippen molar-refractivity contribution in [2.24, 2.45) is 0 Å². The molecule has 1 aromatic heterocycles. The van der Waals surface area contributed by atoms with E-state index in [0.717, 1.165) is 25.9 Å². The van der Waals surface area contributed by atoms with E-state index >= 15 is 0 Å². The molecule has 100 valence electrons. The van der Waals surface area contributed by atoms with Crippen molar-refractivity contribution in [1.29, 1.82) is 0 Å². The van der Waals surface area contributed by atoms with Gasteiger partial charge in [-0.3, -0.25) is 0 Å². The lowest BCUT2D eigenvalue weighted by atomic mass is 10.0. The molecule has 1 N–H and O–H groups in total. The number of nitrogens with zero attached hydrogens (tertiary/aromatic N) is 2. The second-order valence-electron chi connectivity index (χ2n) is 5.15. The van der Waals surface area contributed by atoms with Crippen LogP contribution in [0.4, 0.5) is 0 Å². The van der Waals surface area contributed by atoms with Crippen molar-refractivity contribution in [3.8, 4) is 11.3 Å². The van der Waals surface area contributed by atoms with Crippen molar-refractivity contribution in [2.45, 2.75) is 32.2 Å². The molecule has 1 aliphatic heterocycles. The molecule has 1 aromatic carbocycles. The zero-order valence-corrected chi connectivity index (χ0v) is 11.5. The Morgan fingerprint density at radius 3 is 2.84 bits per heavy atom. The number of nitrogens with one attached hydrogen (secondary N) is 1. The Morgan fingerprint density at radius 2 is 2.05 bits per heavy atom. The predicted molar refractivity (Wildman–Crippen MR) is 78.2 cm³/mol. The average molecular weight is 255 g/mol. The number of benzene rings is 1. The first-order valence-electron chi connectivity index (χ1n) is 7.18. The van der Waals surface area contributed by atoms with Crippen molar-refractivity contribution < 1.29 is 0 Å². The molecule has 3 heteroatoms. The van der Waals surface area contributed by atoms with Gasteiger partial charge in [-0.2, -0.15) is 0 Å². The number of rotatable bonds is 4. The second-order valence-corrected chi connectivity index (χ2v) is 5.15. The van der Waals surface area contributed by atoms with E-state index in [0.29, 0.717) is 0 Å². The van der Waals surface area contributed by atoms with Gasteiger partial charge in [0.2, 0.25) is 0 Å². The van der Waals surface area contributed by atoms with Crippen LogP contribution in [0.15, 0.2) is 30.3 Å². The highest BCUT2D eigenvalue weighted by molar-refractivity contribution is 5.62. The molecule has 0 bridgehead atoms. The fourth-order valence-electron chi connectivity index (χ4n) is 2.87. The van der Waals surface area contributed by atoms with E-state index in [2.05, 4.69) is 40.2 Å². The van der Waals surface area contributed by atoms with Gasteiger partial charge in [-0.05, 0) is 26.3 Å². The minimum Gasteiger partial charge on any atom is -0.331 e. The molecule has 0 saturated heterocycles. The molecular formula is C16H21N3. The molecule has 2 heterocycles. The summed E-state index contributed by atoms with van der Waals surface area (Å²) < 4.78 is 2.45. The summed E-state index contributed by atoms with van der Waals surface area (Å²) in [6.45, 7) is 2.12. The zero-order valence-electron chi connectivity index (χ0n) is 11.5. The maximum absolute atomic E-state index is 4.92. The summed E-state index contributed by atoms with van der Waals surface area (Å²) >= 11 is 0. The first-order chi connectivity index (χ1) is 9.40. The van der Waals surface area contributed by atoms with Crippen molar-refractivity contribution in [3.05, 3.63) is 41.9 Å². The first-order valence-corrected chi connectivity index (χ1v) is 7.18. The molecule has 0 spiro atoms. The van der Waals surface area contributed by atoms with Crippen LogP contribution in [0.3, 0.4) is 0 Å². The smallest absolute Gasteiger partial charge is 0.110 e. The summed E-state index contributed by atoms with van der Waals surface area (Å²) in [6, 6.07) is 10.6. The van der Waals surface area contributed by atoms with Gasteiger partial charge < -0.3 is 9.88 Å². The van der Waals surface area contributed by atoms with Gasteiger partial charge >= 0.3 is 0 Å². The Hall–Kier alpha value is -1.61. The van der Waals surface area contributed by atoms with Gasteiger partial charge in [0.25, 0.3) is 0 Å². The van der Waals surface area contributed by atoms with Crippen LogP contribution in [0, 0.1) is 0 Å². The molecule has 19 heavy (non-hydrogen) atoms. The Bertz CT molecular complexity index is 543. The maximum Gasteiger partial charge on any atom is 0.110 e. The van der Waals surface area contributed by atoms with Crippen LogP contribution in [-0.4, -0.2) is 23.1 Å². The fourth-order valence-corrected chi connectivity index (χ4v) is 2.87. The molecule has 0 atom stereocenters. The Balaban J connectivity index is 2.02. The van der Waals surface area contributed by atoms with Gasteiger partial charge in [0.15, 0.2) is 0 Å². The summed E-state index contributed by atoms with van der Waals surface area (Å²) in [5.74, 6) is 1.24. The van der Waals surface area contributed by atoms with Crippen LogP contribution in [0.5, 0.6) is 0 Å². The monoisotopic (exact) mass is 255 g/mol. The maximum atomic E-state index is 4.92. The van der Waals surface area contributed by atoms with Gasteiger partial charge in [-0.25, -0.2) is 4.98 Å². The van der Waals surface area contributed by atoms with Crippen LogP contribution >= 0.6 is 0 Å². The predicted octanol–water partition coefficient (Wildman–Crippen LogP) is 2.65. The molecule has 0 aliphatic carbocycles. The minimum atomic E-state index is 0.991. The van der Waals surface area contributed by atoms with Crippen LogP contribution in [0.2, 0.25) is 0 Å². The van der Waals surface area contributed by atoms with Crippen molar-refractivity contribution >= 4 is 0 Å². The molecule has 0 radical (unpaired) electrons. The standard InChI is InChI=1S/C16H21N3/c1-17-11-10-15-18-16(13-7-3-2-4-8-13)14-9-5-6-12-19(14)15/h2-4,7-8,17H,5-6,9-12H2,1H3. The molecule has 0 saturated carbocycles. The van der Waals surface area contributed by atoms with Gasteiger partial charge in [0, 0.05) is 30.8 Å². The first kappa shape index (κ1) is 12.4. The van der Waals surface area contributed by atoms with Crippen molar-refractivity contribution in [1.82, 2.24) is 14.9 Å². The number of likely N-dealkylation sites (N-methyl/N-ethyl adjacent to an activating group) is 1. The zero-order chi connectivity index (χ0) is 13.1. The topological polar surface area (TPSA) is 29.9 Å². The van der Waals surface area contributed by atoms with E-state index in [1.807, 2.05) is 7.05 Å². The average Bonchev–Trinajstić information content (AvgIpc) is 2.85. The summed E-state index contributed by atoms with van der Waals surface area (Å²) in [4.78, 5) is 4.92. The highest BCUT2D eigenvalue weighted by Crippen LogP contribution is 2.28. The van der Waals surface area contributed by atoms with Crippen LogP contribution in [-0.2, 0) is 19.4 Å². The molecule has 3 nitrogen and oxygen atoms in total. The lowest BCUT2D eigenvalue weighted by Gasteiger charge is -2.17. The van der Waals surface area contributed by atoms with E-state index in [4.69, 9.17) is 4.98 Å². The number of hydrogen-bond acceptors (Lipinski definition) is 2. The SMILES string of the molecule is CNCCc1nc(-c2ccccc2)c2n1CCCC2. The fraction of sp³-hybridized carbons (Fsp3) is 0.438. The van der Waals surface area contributed by atoms with Crippen LogP contribution < -0.4 is 5.32 Å². The minimum absolute atomic E-state index is 0.991. The number of imidazole rings is 1. The van der Waals surface area contributed by atoms with Gasteiger partial charge in [0.1, 0.15) is 5.82 Å². The lowest BCUT2D eigenvalue weighted by Crippen LogP contribution is -2.17. The highest BCUT2D eigenvalue weighted by Gasteiger charge is 2.20. The summed E-state index contributed by atoms with van der Waals surface area (Å²) in [5, 5.41) is 3.22. The quantitative estimate of drug-likeness (QED) is 0.910. The molecule has 0 fully saturated rings. The molecular weight excluding hydrogens is 234 g/mol. The number of hydrogen-bond donors (Lipinski definition) is 1. The van der Waals surface area contributed by atoms with Gasteiger partial charge in [0.05, 0.1) is 5.69 Å². The largest absolute Gasteiger partial charge is 0.331 e. The van der Waals surface area contributed by atoms with E-state index in [1.165, 1.54) is 35.6 Å². The summed E-state index contributed by atoms with van der Waals surface area (Å²) in [6.07, 6.45) is 4.74.